The molecule has 1 aliphatic heterocycles. The van der Waals surface area contributed by atoms with Crippen LogP contribution in [0.2, 0.25) is 0 Å². The monoisotopic (exact) mass is 322 g/mol. The molecule has 0 radical (unpaired) electrons. The van der Waals surface area contributed by atoms with Crippen molar-refractivity contribution in [2.45, 2.75) is 0 Å². The molecule has 0 aliphatic carbocycles. The van der Waals surface area contributed by atoms with Gasteiger partial charge in [0.1, 0.15) is 17.8 Å². The maximum absolute atomic E-state index is 5.45. The predicted octanol–water partition coefficient (Wildman–Crippen LogP) is 2.40. The smallest absolute Gasteiger partial charge is 0.143 e. The molecular weight excluding hydrogens is 304 g/mol. The van der Waals surface area contributed by atoms with Gasteiger partial charge in [0.05, 0.1) is 30.5 Å². The van der Waals surface area contributed by atoms with Crippen molar-refractivity contribution >= 4 is 29.1 Å². The standard InChI is InChI=1S/C17H18N6O/c1-3-14-12(10-21-23(14)4-2)13-9-18-16-15(13)17(20-11-19-16)22-5-7-24-8-6-22/h3-4,9-11H,1-2,5-8H2,(H,18,19,20). The molecule has 0 amide bonds. The number of nitrogens with zero attached hydrogens (tertiary/aromatic N) is 5. The molecular formula is C17H18N6O. The molecule has 3 aromatic heterocycles. The van der Waals surface area contributed by atoms with Gasteiger partial charge >= 0.3 is 0 Å². The van der Waals surface area contributed by atoms with Crippen molar-refractivity contribution in [1.29, 1.82) is 0 Å². The molecule has 7 nitrogen and oxygen atoms in total. The van der Waals surface area contributed by atoms with Crippen LogP contribution in [-0.4, -0.2) is 51.0 Å². The quantitative estimate of drug-likeness (QED) is 0.798. The topological polar surface area (TPSA) is 71.9 Å². The second-order valence-corrected chi connectivity index (χ2v) is 5.50. The zero-order valence-electron chi connectivity index (χ0n) is 13.3. The zero-order chi connectivity index (χ0) is 16.5. The van der Waals surface area contributed by atoms with E-state index in [0.29, 0.717) is 13.2 Å². The predicted molar refractivity (Wildman–Crippen MR) is 94.6 cm³/mol. The Balaban J connectivity index is 1.92. The number of hydrogen-bond acceptors (Lipinski definition) is 5. The Morgan fingerprint density at radius 2 is 2.00 bits per heavy atom. The average molecular weight is 322 g/mol. The lowest BCUT2D eigenvalue weighted by Gasteiger charge is -2.28. The summed E-state index contributed by atoms with van der Waals surface area (Å²) in [7, 11) is 0. The van der Waals surface area contributed by atoms with Crippen molar-refractivity contribution in [3.8, 4) is 11.1 Å². The van der Waals surface area contributed by atoms with Crippen LogP contribution in [0.5, 0.6) is 0 Å². The lowest BCUT2D eigenvalue weighted by atomic mass is 10.1. The second kappa shape index (κ2) is 5.93. The van der Waals surface area contributed by atoms with Crippen molar-refractivity contribution in [2.75, 3.05) is 31.2 Å². The van der Waals surface area contributed by atoms with Crippen LogP contribution in [0.3, 0.4) is 0 Å². The van der Waals surface area contributed by atoms with Gasteiger partial charge in [0.2, 0.25) is 0 Å². The van der Waals surface area contributed by atoms with Gasteiger partial charge in [0.25, 0.3) is 0 Å². The highest BCUT2D eigenvalue weighted by Crippen LogP contribution is 2.35. The largest absolute Gasteiger partial charge is 0.378 e. The number of ether oxygens (including phenoxy) is 1. The van der Waals surface area contributed by atoms with Crippen LogP contribution >= 0.6 is 0 Å². The fourth-order valence-corrected chi connectivity index (χ4v) is 3.10. The molecule has 1 saturated heterocycles. The second-order valence-electron chi connectivity index (χ2n) is 5.50. The fourth-order valence-electron chi connectivity index (χ4n) is 3.10. The molecule has 0 unspecified atom stereocenters. The molecule has 122 valence electrons. The lowest BCUT2D eigenvalue weighted by molar-refractivity contribution is 0.122. The normalized spacial score (nSPS) is 14.9. The maximum Gasteiger partial charge on any atom is 0.143 e. The van der Waals surface area contributed by atoms with Crippen molar-refractivity contribution in [3.63, 3.8) is 0 Å². The van der Waals surface area contributed by atoms with E-state index in [9.17, 15) is 0 Å². The first-order chi connectivity index (χ1) is 11.8. The van der Waals surface area contributed by atoms with Gasteiger partial charge in [0.15, 0.2) is 0 Å². The van der Waals surface area contributed by atoms with Crippen molar-refractivity contribution in [2.24, 2.45) is 0 Å². The number of fused-ring (bicyclic) bond motifs is 1. The number of aromatic amines is 1. The molecule has 0 bridgehead atoms. The minimum Gasteiger partial charge on any atom is -0.378 e. The molecule has 0 saturated carbocycles. The molecule has 0 spiro atoms. The van der Waals surface area contributed by atoms with Gasteiger partial charge in [-0.3, -0.25) is 0 Å². The van der Waals surface area contributed by atoms with E-state index in [1.165, 1.54) is 0 Å². The molecule has 1 aliphatic rings. The number of nitrogens with one attached hydrogen (secondary N) is 1. The van der Waals surface area contributed by atoms with E-state index in [0.717, 1.165) is 46.8 Å². The Labute approximate surface area is 139 Å². The Morgan fingerprint density at radius 1 is 1.17 bits per heavy atom. The third-order valence-corrected chi connectivity index (χ3v) is 4.25. The average Bonchev–Trinajstić information content (AvgIpc) is 3.25. The summed E-state index contributed by atoms with van der Waals surface area (Å²) < 4.78 is 7.16. The Hall–Kier alpha value is -2.93. The van der Waals surface area contributed by atoms with Crippen LogP contribution < -0.4 is 4.90 Å². The van der Waals surface area contributed by atoms with Gasteiger partial charge < -0.3 is 14.6 Å². The first kappa shape index (κ1) is 14.6. The SMILES string of the molecule is C=Cc1c(-c2c[nH]c3ncnc(N4CCOCC4)c23)cnn1C=C. The van der Waals surface area contributed by atoms with Gasteiger partial charge in [-0.15, -0.1) is 0 Å². The van der Waals surface area contributed by atoms with Crippen LogP contribution in [-0.2, 0) is 4.74 Å². The summed E-state index contributed by atoms with van der Waals surface area (Å²) in [5.74, 6) is 0.918. The van der Waals surface area contributed by atoms with Crippen molar-refractivity contribution < 1.29 is 4.74 Å². The maximum atomic E-state index is 5.45. The van der Waals surface area contributed by atoms with Crippen molar-refractivity contribution in [1.82, 2.24) is 24.7 Å². The third-order valence-electron chi connectivity index (χ3n) is 4.25. The van der Waals surface area contributed by atoms with Gasteiger partial charge in [-0.25, -0.2) is 14.6 Å². The molecule has 0 aromatic carbocycles. The highest BCUT2D eigenvalue weighted by Gasteiger charge is 2.21. The van der Waals surface area contributed by atoms with Gasteiger partial charge in [-0.2, -0.15) is 5.10 Å². The van der Waals surface area contributed by atoms with E-state index in [-0.39, 0.29) is 0 Å². The number of hydrogen-bond donors (Lipinski definition) is 1. The van der Waals surface area contributed by atoms with Crippen LogP contribution in [0, 0.1) is 0 Å². The third kappa shape index (κ3) is 2.21. The Bertz CT molecular complexity index is 903. The Morgan fingerprint density at radius 3 is 2.75 bits per heavy atom. The number of H-pyrrole nitrogens is 1. The first-order valence-electron chi connectivity index (χ1n) is 7.81. The first-order valence-corrected chi connectivity index (χ1v) is 7.81. The molecule has 3 aromatic rings. The molecule has 4 heterocycles. The number of morpholine rings is 1. The Kier molecular flexibility index (Phi) is 3.62. The van der Waals surface area contributed by atoms with Gasteiger partial charge in [-0.05, 0) is 6.08 Å². The zero-order valence-corrected chi connectivity index (χ0v) is 13.3. The summed E-state index contributed by atoms with van der Waals surface area (Å²) in [6.07, 6.45) is 8.79. The van der Waals surface area contributed by atoms with Crippen LogP contribution in [0.4, 0.5) is 5.82 Å². The number of anilines is 1. The van der Waals surface area contributed by atoms with Crippen LogP contribution in [0.15, 0.2) is 31.9 Å². The van der Waals surface area contributed by atoms with Crippen molar-refractivity contribution in [3.05, 3.63) is 37.6 Å². The number of rotatable bonds is 4. The fraction of sp³-hybridized carbons (Fsp3) is 0.235. The van der Waals surface area contributed by atoms with Gasteiger partial charge in [-0.1, -0.05) is 13.2 Å². The van der Waals surface area contributed by atoms with E-state index < -0.39 is 0 Å². The number of aromatic nitrogens is 5. The van der Waals surface area contributed by atoms with Crippen LogP contribution in [0.1, 0.15) is 5.69 Å². The van der Waals surface area contributed by atoms with Gasteiger partial charge in [0, 0.05) is 36.6 Å². The highest BCUT2D eigenvalue weighted by atomic mass is 16.5. The molecule has 1 N–H and O–H groups in total. The summed E-state index contributed by atoms with van der Waals surface area (Å²) in [6, 6.07) is 0. The molecule has 1 fully saturated rings. The van der Waals surface area contributed by atoms with E-state index in [4.69, 9.17) is 4.74 Å². The molecule has 4 rings (SSSR count). The summed E-state index contributed by atoms with van der Waals surface area (Å²) in [5, 5.41) is 5.34. The van der Waals surface area contributed by atoms with E-state index in [2.05, 4.69) is 38.1 Å². The minimum absolute atomic E-state index is 0.706. The lowest BCUT2D eigenvalue weighted by Crippen LogP contribution is -2.36. The molecule has 24 heavy (non-hydrogen) atoms. The summed E-state index contributed by atoms with van der Waals surface area (Å²) in [4.78, 5) is 14.4. The molecule has 7 heteroatoms. The highest BCUT2D eigenvalue weighted by molar-refractivity contribution is 6.02. The van der Waals surface area contributed by atoms with E-state index in [1.54, 1.807) is 23.3 Å². The summed E-state index contributed by atoms with van der Waals surface area (Å²) in [6.45, 7) is 10.7. The summed E-state index contributed by atoms with van der Waals surface area (Å²) in [5.41, 5.74) is 3.68. The minimum atomic E-state index is 0.706. The molecule has 0 atom stereocenters. The van der Waals surface area contributed by atoms with E-state index >= 15 is 0 Å². The van der Waals surface area contributed by atoms with E-state index in [1.807, 2.05) is 12.4 Å². The van der Waals surface area contributed by atoms with Crippen LogP contribution in [0.25, 0.3) is 34.4 Å². The summed E-state index contributed by atoms with van der Waals surface area (Å²) >= 11 is 0.